The van der Waals surface area contributed by atoms with E-state index in [4.69, 9.17) is 9.31 Å². The first-order chi connectivity index (χ1) is 19.6. The van der Waals surface area contributed by atoms with Gasteiger partial charge in [0.2, 0.25) is 0 Å². The number of aromatic nitrogens is 1. The van der Waals surface area contributed by atoms with Gasteiger partial charge in [-0.25, -0.2) is 0 Å². The van der Waals surface area contributed by atoms with Crippen molar-refractivity contribution in [3.63, 3.8) is 0 Å². The lowest BCUT2D eigenvalue weighted by atomic mass is 9.74. The van der Waals surface area contributed by atoms with E-state index in [1.165, 1.54) is 71.1 Å². The number of hydrogen-bond acceptors (Lipinski definition) is 2. The molecule has 0 radical (unpaired) electrons. The highest BCUT2D eigenvalue weighted by atomic mass is 16.7. The monoisotopic (exact) mass is 533 g/mol. The zero-order valence-corrected chi connectivity index (χ0v) is 24.4. The Kier molecular flexibility index (Phi) is 4.25. The fourth-order valence-electron chi connectivity index (χ4n) is 7.70. The lowest BCUT2D eigenvalue weighted by Gasteiger charge is -2.32. The van der Waals surface area contributed by atoms with E-state index in [0.717, 1.165) is 5.46 Å². The summed E-state index contributed by atoms with van der Waals surface area (Å²) in [6.45, 7) is 13.2. The first kappa shape index (κ1) is 23.8. The number of nitrogens with zero attached hydrogens (tertiary/aromatic N) is 1. The first-order valence-electron chi connectivity index (χ1n) is 14.7. The van der Waals surface area contributed by atoms with Crippen molar-refractivity contribution in [2.75, 3.05) is 0 Å². The Morgan fingerprint density at radius 1 is 0.561 bits per heavy atom. The zero-order valence-electron chi connectivity index (χ0n) is 24.4. The Hall–Kier alpha value is -3.86. The molecule has 1 fully saturated rings. The fraction of sp³-hybridized carbons (Fsp3) is 0.243. The van der Waals surface area contributed by atoms with Crippen LogP contribution in [0.15, 0.2) is 84.9 Å². The minimum Gasteiger partial charge on any atom is -0.399 e. The Morgan fingerprint density at radius 2 is 1.15 bits per heavy atom. The number of rotatable bonds is 1. The SMILES string of the molecule is CC1(C)c2cc(B3OC(C)(C)C(C)(C)O3)ccc2-c2c1ccc1c2ccc2c3cccc4c5ccccc5n(c12)c43. The van der Waals surface area contributed by atoms with Gasteiger partial charge in [-0.05, 0) is 66.9 Å². The van der Waals surface area contributed by atoms with Crippen molar-refractivity contribution in [3.8, 4) is 11.1 Å². The van der Waals surface area contributed by atoms with Gasteiger partial charge in [-0.1, -0.05) is 92.7 Å². The van der Waals surface area contributed by atoms with E-state index in [0.29, 0.717) is 0 Å². The van der Waals surface area contributed by atoms with E-state index in [9.17, 15) is 0 Å². The third-order valence-corrected chi connectivity index (χ3v) is 10.6. The van der Waals surface area contributed by atoms with Gasteiger partial charge in [-0.2, -0.15) is 0 Å². The van der Waals surface area contributed by atoms with E-state index < -0.39 is 0 Å². The lowest BCUT2D eigenvalue weighted by Crippen LogP contribution is -2.41. The molecular formula is C37H32BNO2. The molecule has 1 aliphatic heterocycles. The highest BCUT2D eigenvalue weighted by Crippen LogP contribution is 2.52. The van der Waals surface area contributed by atoms with E-state index >= 15 is 0 Å². The predicted octanol–water partition coefficient (Wildman–Crippen LogP) is 8.60. The molecule has 0 unspecified atom stereocenters. The minimum absolute atomic E-state index is 0.131. The average Bonchev–Trinajstić information content (AvgIpc) is 3.61. The number of fused-ring (bicyclic) bond motifs is 12. The van der Waals surface area contributed by atoms with Gasteiger partial charge in [-0.15, -0.1) is 0 Å². The summed E-state index contributed by atoms with van der Waals surface area (Å²) in [5, 5.41) is 7.90. The van der Waals surface area contributed by atoms with Crippen LogP contribution in [0.5, 0.6) is 0 Å². The van der Waals surface area contributed by atoms with Crippen molar-refractivity contribution in [2.45, 2.75) is 58.2 Å². The van der Waals surface area contributed by atoms with E-state index in [2.05, 4.69) is 131 Å². The smallest absolute Gasteiger partial charge is 0.399 e. The molecule has 0 spiro atoms. The quantitative estimate of drug-likeness (QED) is 0.197. The molecule has 3 heterocycles. The fourth-order valence-corrected chi connectivity index (χ4v) is 7.70. The van der Waals surface area contributed by atoms with Gasteiger partial charge in [0.05, 0.1) is 27.8 Å². The molecule has 0 atom stereocenters. The molecule has 0 bridgehead atoms. The number of para-hydroxylation sites is 2. The van der Waals surface area contributed by atoms with Crippen molar-refractivity contribution in [1.82, 2.24) is 4.40 Å². The highest BCUT2D eigenvalue weighted by Gasteiger charge is 2.52. The maximum Gasteiger partial charge on any atom is 0.494 e. The first-order valence-corrected chi connectivity index (χ1v) is 14.7. The summed E-state index contributed by atoms with van der Waals surface area (Å²) in [5.41, 5.74) is 9.52. The molecule has 41 heavy (non-hydrogen) atoms. The molecule has 7 aromatic rings. The van der Waals surface area contributed by atoms with Gasteiger partial charge < -0.3 is 13.7 Å². The van der Waals surface area contributed by atoms with Gasteiger partial charge in [0.1, 0.15) is 0 Å². The molecule has 2 aromatic heterocycles. The van der Waals surface area contributed by atoms with Crippen LogP contribution < -0.4 is 5.46 Å². The molecule has 0 saturated carbocycles. The van der Waals surface area contributed by atoms with Crippen molar-refractivity contribution < 1.29 is 9.31 Å². The molecule has 5 aromatic carbocycles. The van der Waals surface area contributed by atoms with Crippen LogP contribution in [-0.4, -0.2) is 22.7 Å². The van der Waals surface area contributed by atoms with E-state index in [-0.39, 0.29) is 23.7 Å². The number of hydrogen-bond donors (Lipinski definition) is 0. The molecule has 1 aliphatic carbocycles. The van der Waals surface area contributed by atoms with Gasteiger partial charge in [0.25, 0.3) is 0 Å². The molecule has 9 rings (SSSR count). The second-order valence-electron chi connectivity index (χ2n) is 13.6. The largest absolute Gasteiger partial charge is 0.494 e. The summed E-state index contributed by atoms with van der Waals surface area (Å²) in [4.78, 5) is 0. The van der Waals surface area contributed by atoms with Crippen molar-refractivity contribution in [1.29, 1.82) is 0 Å². The summed E-state index contributed by atoms with van der Waals surface area (Å²) in [7, 11) is -0.368. The zero-order chi connectivity index (χ0) is 28.1. The highest BCUT2D eigenvalue weighted by molar-refractivity contribution is 6.62. The van der Waals surface area contributed by atoms with Crippen LogP contribution in [0.4, 0.5) is 0 Å². The summed E-state index contributed by atoms with van der Waals surface area (Å²) < 4.78 is 15.4. The van der Waals surface area contributed by atoms with Gasteiger partial charge in [0, 0.05) is 32.3 Å². The predicted molar refractivity (Wildman–Crippen MR) is 172 cm³/mol. The Labute approximate surface area is 240 Å². The third-order valence-electron chi connectivity index (χ3n) is 10.6. The lowest BCUT2D eigenvalue weighted by molar-refractivity contribution is 0.00578. The third kappa shape index (κ3) is 2.78. The summed E-state index contributed by atoms with van der Waals surface area (Å²) in [5.74, 6) is 0. The van der Waals surface area contributed by atoms with Crippen LogP contribution in [0.2, 0.25) is 0 Å². The number of benzene rings is 5. The summed E-state index contributed by atoms with van der Waals surface area (Å²) in [6.07, 6.45) is 0. The van der Waals surface area contributed by atoms with Crippen LogP contribution in [0, 0.1) is 0 Å². The molecule has 0 N–H and O–H groups in total. The van der Waals surface area contributed by atoms with Crippen LogP contribution in [0.3, 0.4) is 0 Å². The van der Waals surface area contributed by atoms with Gasteiger partial charge in [0.15, 0.2) is 0 Å². The second-order valence-corrected chi connectivity index (χ2v) is 13.6. The van der Waals surface area contributed by atoms with Crippen molar-refractivity contribution in [3.05, 3.63) is 96.1 Å². The summed E-state index contributed by atoms with van der Waals surface area (Å²) >= 11 is 0. The standard InChI is InChI=1S/C37H32BNO2/c1-35(2)29-19-18-26-23(32(29)28-15-14-21(20-30(28)35)38-40-36(3,4)37(5,6)41-38)16-17-27-25-12-9-11-24-22-10-7-8-13-31(22)39(33(24)25)34(26)27/h7-20H,1-6H3. The van der Waals surface area contributed by atoms with Crippen molar-refractivity contribution in [2.24, 2.45) is 0 Å². The second kappa shape index (κ2) is 7.31. The molecule has 3 nitrogen and oxygen atoms in total. The van der Waals surface area contributed by atoms with Gasteiger partial charge >= 0.3 is 7.12 Å². The van der Waals surface area contributed by atoms with Crippen LogP contribution in [0.25, 0.3) is 60.0 Å². The molecule has 4 heteroatoms. The van der Waals surface area contributed by atoms with Crippen molar-refractivity contribution >= 4 is 61.4 Å². The summed E-state index contributed by atoms with van der Waals surface area (Å²) in [6, 6.07) is 31.8. The molecule has 2 aliphatic rings. The van der Waals surface area contributed by atoms with Gasteiger partial charge in [-0.3, -0.25) is 0 Å². The minimum atomic E-state index is -0.368. The molecule has 200 valence electrons. The Bertz CT molecular complexity index is 2240. The molecule has 1 saturated heterocycles. The average molecular weight is 533 g/mol. The molecular weight excluding hydrogens is 501 g/mol. The van der Waals surface area contributed by atoms with Crippen LogP contribution in [-0.2, 0) is 14.7 Å². The van der Waals surface area contributed by atoms with Crippen LogP contribution >= 0.6 is 0 Å². The maximum atomic E-state index is 6.44. The van der Waals surface area contributed by atoms with E-state index in [1.807, 2.05) is 0 Å². The Morgan fingerprint density at radius 3 is 1.90 bits per heavy atom. The van der Waals surface area contributed by atoms with E-state index in [1.54, 1.807) is 0 Å². The maximum absolute atomic E-state index is 6.44. The Balaban J connectivity index is 1.32. The van der Waals surface area contributed by atoms with Crippen LogP contribution in [0.1, 0.15) is 52.7 Å². The normalized spacial score (nSPS) is 18.8. The molecule has 0 amide bonds. The topological polar surface area (TPSA) is 22.9 Å².